The van der Waals surface area contributed by atoms with E-state index in [0.717, 1.165) is 12.0 Å². The van der Waals surface area contributed by atoms with Gasteiger partial charge in [0, 0.05) is 0 Å². The first-order chi connectivity index (χ1) is 19.5. The molecule has 0 spiro atoms. The van der Waals surface area contributed by atoms with E-state index in [-0.39, 0.29) is 24.3 Å². The summed E-state index contributed by atoms with van der Waals surface area (Å²) in [6.07, 6.45) is 2.94. The van der Waals surface area contributed by atoms with Gasteiger partial charge < -0.3 is 4.74 Å². The summed E-state index contributed by atoms with van der Waals surface area (Å²) >= 11 is 0. The zero-order valence-corrected chi connectivity index (χ0v) is 23.5. The second kappa shape index (κ2) is 13.7. The number of aryl methyl sites for hydroxylation is 1. The molecule has 0 bridgehead atoms. The Morgan fingerprint density at radius 3 is 1.98 bits per heavy atom. The number of hydrogen-bond acceptors (Lipinski definition) is 1. The average molecular weight is 585 g/mol. The number of hydrogen-bond donors (Lipinski definition) is 0. The van der Waals surface area contributed by atoms with Crippen LogP contribution in [0, 0.1) is 23.5 Å². The molecule has 2 aromatic rings. The van der Waals surface area contributed by atoms with E-state index >= 15 is 8.78 Å². The molecule has 2 saturated carbocycles. The average Bonchev–Trinajstić information content (AvgIpc) is 2.92. The third kappa shape index (κ3) is 8.59. The number of ether oxygens (including phenoxy) is 1. The number of rotatable bonds is 10. The van der Waals surface area contributed by atoms with Crippen LogP contribution in [0.2, 0.25) is 0 Å². The Morgan fingerprint density at radius 1 is 0.805 bits per heavy atom. The van der Waals surface area contributed by atoms with Crippen LogP contribution in [0.15, 0.2) is 42.5 Å². The molecule has 1 nitrogen and oxygen atoms in total. The SMILES string of the molecule is CCCCCc1ccc(/C=C/C2CCC(C(F)(F)OC3CCC(c4cc(F)c(C(F)(F)F)c(F)c4)CC3)CC2)cc1. The molecule has 0 amide bonds. The Kier molecular flexibility index (Phi) is 10.6. The maximum absolute atomic E-state index is 15.1. The van der Waals surface area contributed by atoms with Crippen molar-refractivity contribution in [3.63, 3.8) is 0 Å². The van der Waals surface area contributed by atoms with Gasteiger partial charge in [-0.25, -0.2) is 8.78 Å². The third-order valence-corrected chi connectivity index (χ3v) is 8.67. The first-order valence-electron chi connectivity index (χ1n) is 14.8. The van der Waals surface area contributed by atoms with Crippen LogP contribution in [0.1, 0.15) is 106 Å². The van der Waals surface area contributed by atoms with Gasteiger partial charge in [0.2, 0.25) is 0 Å². The molecule has 0 saturated heterocycles. The topological polar surface area (TPSA) is 9.23 Å². The number of alkyl halides is 5. The van der Waals surface area contributed by atoms with Crippen molar-refractivity contribution in [1.82, 2.24) is 0 Å². The smallest absolute Gasteiger partial charge is 0.317 e. The van der Waals surface area contributed by atoms with E-state index in [1.54, 1.807) is 0 Å². The lowest BCUT2D eigenvalue weighted by molar-refractivity contribution is -0.301. The van der Waals surface area contributed by atoms with Crippen molar-refractivity contribution in [3.05, 3.63) is 76.4 Å². The zero-order valence-electron chi connectivity index (χ0n) is 23.5. The van der Waals surface area contributed by atoms with Gasteiger partial charge in [0.1, 0.15) is 17.2 Å². The van der Waals surface area contributed by atoms with E-state index in [2.05, 4.69) is 43.3 Å². The first kappa shape index (κ1) is 31.6. The van der Waals surface area contributed by atoms with E-state index in [1.165, 1.54) is 24.8 Å². The maximum atomic E-state index is 15.1. The molecule has 2 aliphatic rings. The Hall–Kier alpha value is -2.35. The van der Waals surface area contributed by atoms with Crippen molar-refractivity contribution in [2.45, 2.75) is 108 Å². The van der Waals surface area contributed by atoms with Gasteiger partial charge in [-0.3, -0.25) is 0 Å². The van der Waals surface area contributed by atoms with Gasteiger partial charge in [-0.1, -0.05) is 56.2 Å². The highest BCUT2D eigenvalue weighted by molar-refractivity contribution is 5.50. The Balaban J connectivity index is 1.23. The highest BCUT2D eigenvalue weighted by atomic mass is 19.4. The van der Waals surface area contributed by atoms with Gasteiger partial charge in [0.25, 0.3) is 0 Å². The number of unbranched alkanes of at least 4 members (excludes halogenated alkanes) is 2. The number of benzene rings is 2. The van der Waals surface area contributed by atoms with Gasteiger partial charge in [-0.15, -0.1) is 0 Å². The lowest BCUT2D eigenvalue weighted by atomic mass is 9.80. The molecule has 0 unspecified atom stereocenters. The predicted molar refractivity (Wildman–Crippen MR) is 147 cm³/mol. The quantitative estimate of drug-likeness (QED) is 0.199. The molecule has 0 aliphatic heterocycles. The lowest BCUT2D eigenvalue weighted by Gasteiger charge is -2.36. The fraction of sp³-hybridized carbons (Fsp3) is 0.576. The monoisotopic (exact) mass is 584 g/mol. The van der Waals surface area contributed by atoms with Crippen LogP contribution in [0.5, 0.6) is 0 Å². The van der Waals surface area contributed by atoms with E-state index in [4.69, 9.17) is 4.74 Å². The summed E-state index contributed by atoms with van der Waals surface area (Å²) in [4.78, 5) is 0. The molecule has 8 heteroatoms. The molecule has 41 heavy (non-hydrogen) atoms. The van der Waals surface area contributed by atoms with Crippen LogP contribution in [0.25, 0.3) is 6.08 Å². The minimum Gasteiger partial charge on any atom is -0.317 e. The summed E-state index contributed by atoms with van der Waals surface area (Å²) in [5.41, 5.74) is 0.647. The lowest BCUT2D eigenvalue weighted by Crippen LogP contribution is -2.38. The van der Waals surface area contributed by atoms with Gasteiger partial charge in [0.15, 0.2) is 0 Å². The van der Waals surface area contributed by atoms with Gasteiger partial charge in [0.05, 0.1) is 12.0 Å². The van der Waals surface area contributed by atoms with Crippen molar-refractivity contribution >= 4 is 6.08 Å². The van der Waals surface area contributed by atoms with Gasteiger partial charge in [-0.2, -0.15) is 22.0 Å². The molecule has 4 rings (SSSR count). The largest absolute Gasteiger partial charge is 0.422 e. The van der Waals surface area contributed by atoms with Crippen molar-refractivity contribution in [3.8, 4) is 0 Å². The van der Waals surface area contributed by atoms with E-state index in [9.17, 15) is 22.0 Å². The first-order valence-corrected chi connectivity index (χ1v) is 14.8. The van der Waals surface area contributed by atoms with Gasteiger partial charge in [-0.05, 0) is 105 Å². The van der Waals surface area contributed by atoms with Crippen LogP contribution in [-0.4, -0.2) is 12.2 Å². The standard InChI is InChI=1S/C33H39F7O/c1-2-3-4-5-22-6-8-23(9-7-22)10-11-24-12-16-27(17-13-24)33(39,40)41-28-18-14-25(15-19-28)26-20-29(34)31(30(35)21-26)32(36,37)38/h6-11,20-21,24-25,27-28H,2-5,12-19H2,1H3/b11-10+. The van der Waals surface area contributed by atoms with Crippen molar-refractivity contribution < 1.29 is 35.5 Å². The highest BCUT2D eigenvalue weighted by Gasteiger charge is 2.45. The summed E-state index contributed by atoms with van der Waals surface area (Å²) < 4.78 is 102. The molecule has 0 N–H and O–H groups in total. The van der Waals surface area contributed by atoms with Crippen LogP contribution >= 0.6 is 0 Å². The number of halogens is 7. The van der Waals surface area contributed by atoms with E-state index in [1.807, 2.05) is 0 Å². The molecule has 0 aromatic heterocycles. The molecule has 2 fully saturated rings. The Bertz CT molecular complexity index is 1120. The predicted octanol–water partition coefficient (Wildman–Crippen LogP) is 10.9. The summed E-state index contributed by atoms with van der Waals surface area (Å²) in [5, 5.41) is 0. The summed E-state index contributed by atoms with van der Waals surface area (Å²) in [6, 6.07) is 9.93. The summed E-state index contributed by atoms with van der Waals surface area (Å²) in [6.45, 7) is 2.19. The second-order valence-corrected chi connectivity index (χ2v) is 11.7. The van der Waals surface area contributed by atoms with Crippen LogP contribution in [-0.2, 0) is 17.3 Å². The van der Waals surface area contributed by atoms with Crippen LogP contribution in [0.3, 0.4) is 0 Å². The van der Waals surface area contributed by atoms with E-state index < -0.39 is 47.4 Å². The molecule has 0 radical (unpaired) electrons. The zero-order chi connectivity index (χ0) is 29.6. The molecule has 2 aliphatic carbocycles. The molecular formula is C33H39F7O. The summed E-state index contributed by atoms with van der Waals surface area (Å²) in [5.74, 6) is -4.34. The second-order valence-electron chi connectivity index (χ2n) is 11.7. The third-order valence-electron chi connectivity index (χ3n) is 8.67. The molecular weight excluding hydrogens is 545 g/mol. The number of allylic oxidation sites excluding steroid dienone is 1. The van der Waals surface area contributed by atoms with Gasteiger partial charge >= 0.3 is 12.3 Å². The van der Waals surface area contributed by atoms with Crippen LogP contribution < -0.4 is 0 Å². The van der Waals surface area contributed by atoms with Crippen molar-refractivity contribution in [1.29, 1.82) is 0 Å². The Morgan fingerprint density at radius 2 is 1.41 bits per heavy atom. The Labute approximate surface area is 238 Å². The minimum absolute atomic E-state index is 0.118. The fourth-order valence-corrected chi connectivity index (χ4v) is 6.20. The molecule has 0 heterocycles. The van der Waals surface area contributed by atoms with Crippen molar-refractivity contribution in [2.75, 3.05) is 0 Å². The van der Waals surface area contributed by atoms with Crippen molar-refractivity contribution in [2.24, 2.45) is 11.8 Å². The fourth-order valence-electron chi connectivity index (χ4n) is 6.20. The normalized spacial score (nSPS) is 24.2. The maximum Gasteiger partial charge on any atom is 0.422 e. The molecule has 0 atom stereocenters. The van der Waals surface area contributed by atoms with Crippen LogP contribution in [0.4, 0.5) is 30.7 Å². The molecule has 2 aromatic carbocycles. The van der Waals surface area contributed by atoms with E-state index in [0.29, 0.717) is 50.7 Å². The summed E-state index contributed by atoms with van der Waals surface area (Å²) in [7, 11) is 0. The molecule has 226 valence electrons. The highest BCUT2D eigenvalue weighted by Crippen LogP contribution is 2.44. The minimum atomic E-state index is -5.13.